The molecule has 1 aromatic rings. The van der Waals surface area contributed by atoms with E-state index in [0.29, 0.717) is 6.04 Å². The minimum Gasteiger partial charge on any atom is -0.366 e. The summed E-state index contributed by atoms with van der Waals surface area (Å²) in [6.07, 6.45) is 2.33. The Morgan fingerprint density at radius 3 is 3.21 bits per heavy atom. The Morgan fingerprint density at radius 2 is 2.21 bits per heavy atom. The zero-order valence-electron chi connectivity index (χ0n) is 8.28. The molecular formula is C12H15NO. The predicted octanol–water partition coefficient (Wildman–Crippen LogP) is 1.96. The van der Waals surface area contributed by atoms with Gasteiger partial charge in [-0.3, -0.25) is 4.90 Å². The quantitative estimate of drug-likeness (QED) is 0.618. The predicted molar refractivity (Wildman–Crippen MR) is 55.0 cm³/mol. The van der Waals surface area contributed by atoms with Crippen molar-refractivity contribution in [2.75, 3.05) is 19.9 Å². The Balaban J connectivity index is 1.99. The van der Waals surface area contributed by atoms with Gasteiger partial charge in [0.25, 0.3) is 0 Å². The van der Waals surface area contributed by atoms with E-state index in [0.717, 1.165) is 26.3 Å². The van der Waals surface area contributed by atoms with Gasteiger partial charge in [-0.1, -0.05) is 24.3 Å². The van der Waals surface area contributed by atoms with E-state index in [9.17, 15) is 0 Å². The van der Waals surface area contributed by atoms with Crippen molar-refractivity contribution in [2.24, 2.45) is 0 Å². The van der Waals surface area contributed by atoms with E-state index in [1.807, 2.05) is 0 Å². The van der Waals surface area contributed by atoms with Crippen LogP contribution in [0.2, 0.25) is 0 Å². The van der Waals surface area contributed by atoms with Crippen LogP contribution >= 0.6 is 0 Å². The minimum absolute atomic E-state index is 0.619. The second-order valence-corrected chi connectivity index (χ2v) is 4.10. The number of benzene rings is 1. The first-order chi connectivity index (χ1) is 6.95. The van der Waals surface area contributed by atoms with Crippen molar-refractivity contribution in [1.29, 1.82) is 0 Å². The SMILES string of the molecule is c1ccc2c(c1)CCN1COCCC21. The van der Waals surface area contributed by atoms with Crippen LogP contribution in [0.1, 0.15) is 23.6 Å². The van der Waals surface area contributed by atoms with Crippen molar-refractivity contribution in [3.05, 3.63) is 35.4 Å². The average molecular weight is 189 g/mol. The molecule has 0 radical (unpaired) electrons. The van der Waals surface area contributed by atoms with E-state index in [1.165, 1.54) is 17.5 Å². The fourth-order valence-electron chi connectivity index (χ4n) is 2.57. The van der Waals surface area contributed by atoms with Crippen LogP contribution in [0.5, 0.6) is 0 Å². The number of hydrogen-bond acceptors (Lipinski definition) is 2. The number of hydrogen-bond donors (Lipinski definition) is 0. The summed E-state index contributed by atoms with van der Waals surface area (Å²) in [7, 11) is 0. The van der Waals surface area contributed by atoms with Gasteiger partial charge in [0.15, 0.2) is 0 Å². The van der Waals surface area contributed by atoms with Crippen molar-refractivity contribution in [3.8, 4) is 0 Å². The van der Waals surface area contributed by atoms with Gasteiger partial charge in [0.2, 0.25) is 0 Å². The molecular weight excluding hydrogens is 174 g/mol. The molecule has 0 amide bonds. The molecule has 1 unspecified atom stereocenters. The van der Waals surface area contributed by atoms with Gasteiger partial charge in [0.05, 0.1) is 13.3 Å². The van der Waals surface area contributed by atoms with Crippen LogP contribution in [-0.4, -0.2) is 24.8 Å². The summed E-state index contributed by atoms with van der Waals surface area (Å²) in [6.45, 7) is 2.89. The summed E-state index contributed by atoms with van der Waals surface area (Å²) in [5, 5.41) is 0. The molecule has 1 saturated heterocycles. The van der Waals surface area contributed by atoms with Crippen LogP contribution in [0.3, 0.4) is 0 Å². The van der Waals surface area contributed by atoms with Crippen LogP contribution in [0.25, 0.3) is 0 Å². The maximum absolute atomic E-state index is 5.48. The molecule has 0 N–H and O–H groups in total. The highest BCUT2D eigenvalue weighted by molar-refractivity contribution is 5.32. The van der Waals surface area contributed by atoms with E-state index in [4.69, 9.17) is 4.74 Å². The Bertz CT molecular complexity index is 337. The molecule has 2 heterocycles. The van der Waals surface area contributed by atoms with Gasteiger partial charge in [-0.15, -0.1) is 0 Å². The molecule has 1 atom stereocenters. The third-order valence-corrected chi connectivity index (χ3v) is 3.32. The van der Waals surface area contributed by atoms with Crippen LogP contribution < -0.4 is 0 Å². The van der Waals surface area contributed by atoms with Gasteiger partial charge in [-0.2, -0.15) is 0 Å². The zero-order chi connectivity index (χ0) is 9.38. The molecule has 2 aliphatic heterocycles. The number of rotatable bonds is 0. The summed E-state index contributed by atoms with van der Waals surface area (Å²) in [5.74, 6) is 0. The lowest BCUT2D eigenvalue weighted by Crippen LogP contribution is -2.40. The lowest BCUT2D eigenvalue weighted by Gasteiger charge is -2.40. The van der Waals surface area contributed by atoms with Crippen LogP contribution in [0.4, 0.5) is 0 Å². The second-order valence-electron chi connectivity index (χ2n) is 4.10. The van der Waals surface area contributed by atoms with E-state index < -0.39 is 0 Å². The summed E-state index contributed by atoms with van der Waals surface area (Å²) in [5.41, 5.74) is 3.07. The first-order valence-electron chi connectivity index (χ1n) is 5.35. The first kappa shape index (κ1) is 8.45. The van der Waals surface area contributed by atoms with Crippen LogP contribution in [0, 0.1) is 0 Å². The fraction of sp³-hybridized carbons (Fsp3) is 0.500. The Labute approximate surface area is 84.5 Å². The van der Waals surface area contributed by atoms with E-state index in [-0.39, 0.29) is 0 Å². The smallest absolute Gasteiger partial charge is 0.0995 e. The Morgan fingerprint density at radius 1 is 1.29 bits per heavy atom. The molecule has 0 bridgehead atoms. The summed E-state index contributed by atoms with van der Waals surface area (Å²) >= 11 is 0. The molecule has 74 valence electrons. The third kappa shape index (κ3) is 1.26. The minimum atomic E-state index is 0.619. The molecule has 0 spiro atoms. The molecule has 0 aromatic heterocycles. The van der Waals surface area contributed by atoms with Crippen molar-refractivity contribution in [2.45, 2.75) is 18.9 Å². The van der Waals surface area contributed by atoms with Crippen molar-refractivity contribution in [3.63, 3.8) is 0 Å². The summed E-state index contributed by atoms with van der Waals surface area (Å²) in [6, 6.07) is 9.46. The van der Waals surface area contributed by atoms with Gasteiger partial charge in [-0.05, 0) is 24.0 Å². The molecule has 1 aromatic carbocycles. The fourth-order valence-corrected chi connectivity index (χ4v) is 2.57. The Kier molecular flexibility index (Phi) is 2.03. The average Bonchev–Trinajstić information content (AvgIpc) is 2.29. The lowest BCUT2D eigenvalue weighted by molar-refractivity contribution is -0.0524. The maximum Gasteiger partial charge on any atom is 0.0995 e. The number of ether oxygens (including phenoxy) is 1. The molecule has 2 heteroatoms. The molecule has 0 saturated carbocycles. The van der Waals surface area contributed by atoms with E-state index in [1.54, 1.807) is 0 Å². The van der Waals surface area contributed by atoms with Gasteiger partial charge in [0.1, 0.15) is 0 Å². The van der Waals surface area contributed by atoms with E-state index in [2.05, 4.69) is 29.2 Å². The number of fused-ring (bicyclic) bond motifs is 3. The molecule has 2 nitrogen and oxygen atoms in total. The second kappa shape index (κ2) is 3.37. The zero-order valence-corrected chi connectivity index (χ0v) is 8.28. The molecule has 3 rings (SSSR count). The molecule has 1 fully saturated rings. The lowest BCUT2D eigenvalue weighted by atomic mass is 9.91. The first-order valence-corrected chi connectivity index (χ1v) is 5.35. The van der Waals surface area contributed by atoms with Crippen molar-refractivity contribution < 1.29 is 4.74 Å². The van der Waals surface area contributed by atoms with Crippen molar-refractivity contribution in [1.82, 2.24) is 4.90 Å². The van der Waals surface area contributed by atoms with Crippen molar-refractivity contribution >= 4 is 0 Å². The van der Waals surface area contributed by atoms with E-state index >= 15 is 0 Å². The standard InChI is InChI=1S/C12H15NO/c1-2-4-11-10(3-1)5-7-13-9-14-8-6-12(11)13/h1-4,12H,5-9H2. The highest BCUT2D eigenvalue weighted by Gasteiger charge is 2.29. The Hall–Kier alpha value is -0.860. The van der Waals surface area contributed by atoms with Gasteiger partial charge in [0, 0.05) is 12.6 Å². The topological polar surface area (TPSA) is 12.5 Å². The van der Waals surface area contributed by atoms with Gasteiger partial charge >= 0.3 is 0 Å². The molecule has 0 aliphatic carbocycles. The summed E-state index contributed by atoms with van der Waals surface area (Å²) in [4.78, 5) is 2.45. The van der Waals surface area contributed by atoms with Crippen LogP contribution in [0.15, 0.2) is 24.3 Å². The normalized spacial score (nSPS) is 26.7. The monoisotopic (exact) mass is 189 g/mol. The number of nitrogens with zero attached hydrogens (tertiary/aromatic N) is 1. The molecule has 2 aliphatic rings. The maximum atomic E-state index is 5.48. The van der Waals surface area contributed by atoms with Crippen LogP contribution in [-0.2, 0) is 11.2 Å². The van der Waals surface area contributed by atoms with Gasteiger partial charge in [-0.25, -0.2) is 0 Å². The van der Waals surface area contributed by atoms with Gasteiger partial charge < -0.3 is 4.74 Å². The highest BCUT2D eigenvalue weighted by Crippen LogP contribution is 2.33. The largest absolute Gasteiger partial charge is 0.366 e. The third-order valence-electron chi connectivity index (χ3n) is 3.32. The molecule has 14 heavy (non-hydrogen) atoms. The summed E-state index contributed by atoms with van der Waals surface area (Å²) < 4.78 is 5.48. The highest BCUT2D eigenvalue weighted by atomic mass is 16.5.